The van der Waals surface area contributed by atoms with Crippen LogP contribution >= 0.6 is 0 Å². The quantitative estimate of drug-likeness (QED) is 0.616. The number of hydrogen-bond acceptors (Lipinski definition) is 1. The standard InChI is InChI=1S/C13H21N/c1-10(2)14-9-8-11(3)12-6-4-5-7-13(12)14/h4-7,10-13H,8-9H2,1-3H3. The largest absolute Gasteiger partial charge is 0.294 e. The highest BCUT2D eigenvalue weighted by atomic mass is 15.2. The van der Waals surface area contributed by atoms with E-state index in [2.05, 4.69) is 50.0 Å². The fraction of sp³-hybridized carbons (Fsp3) is 0.692. The third-order valence-corrected chi connectivity index (χ3v) is 3.69. The van der Waals surface area contributed by atoms with E-state index in [4.69, 9.17) is 0 Å². The molecule has 2 aliphatic rings. The van der Waals surface area contributed by atoms with Crippen molar-refractivity contribution >= 4 is 0 Å². The number of likely N-dealkylation sites (tertiary alicyclic amines) is 1. The number of fused-ring (bicyclic) bond motifs is 1. The molecule has 1 nitrogen and oxygen atoms in total. The van der Waals surface area contributed by atoms with Crippen LogP contribution in [0.3, 0.4) is 0 Å². The van der Waals surface area contributed by atoms with Gasteiger partial charge in [-0.3, -0.25) is 4.90 Å². The SMILES string of the molecule is CC1CCN(C(C)C)C2C=CC=CC12. The van der Waals surface area contributed by atoms with Gasteiger partial charge in [-0.25, -0.2) is 0 Å². The molecule has 0 aromatic carbocycles. The molecule has 0 aromatic heterocycles. The van der Waals surface area contributed by atoms with E-state index in [1.165, 1.54) is 13.0 Å². The smallest absolute Gasteiger partial charge is 0.0349 e. The van der Waals surface area contributed by atoms with E-state index in [1.54, 1.807) is 0 Å². The molecule has 78 valence electrons. The van der Waals surface area contributed by atoms with Gasteiger partial charge in [-0.05, 0) is 38.6 Å². The molecule has 0 saturated carbocycles. The van der Waals surface area contributed by atoms with Crippen LogP contribution in [0.2, 0.25) is 0 Å². The summed E-state index contributed by atoms with van der Waals surface area (Å²) >= 11 is 0. The molecule has 0 bridgehead atoms. The molecule has 1 heterocycles. The maximum absolute atomic E-state index is 2.63. The van der Waals surface area contributed by atoms with E-state index in [9.17, 15) is 0 Å². The summed E-state index contributed by atoms with van der Waals surface area (Å²) in [5.74, 6) is 1.59. The summed E-state index contributed by atoms with van der Waals surface area (Å²) in [5, 5.41) is 0. The van der Waals surface area contributed by atoms with E-state index in [-0.39, 0.29) is 0 Å². The minimum Gasteiger partial charge on any atom is -0.294 e. The highest BCUT2D eigenvalue weighted by Crippen LogP contribution is 2.33. The fourth-order valence-corrected chi connectivity index (χ4v) is 2.77. The number of nitrogens with zero attached hydrogens (tertiary/aromatic N) is 1. The van der Waals surface area contributed by atoms with Crippen LogP contribution in [-0.4, -0.2) is 23.5 Å². The van der Waals surface area contributed by atoms with Gasteiger partial charge in [-0.15, -0.1) is 0 Å². The Balaban J connectivity index is 2.18. The molecule has 14 heavy (non-hydrogen) atoms. The molecule has 0 radical (unpaired) electrons. The van der Waals surface area contributed by atoms with E-state index in [1.807, 2.05) is 0 Å². The van der Waals surface area contributed by atoms with Crippen molar-refractivity contribution in [1.29, 1.82) is 0 Å². The van der Waals surface area contributed by atoms with Crippen molar-refractivity contribution < 1.29 is 0 Å². The first-order valence-corrected chi connectivity index (χ1v) is 5.81. The predicted octanol–water partition coefficient (Wildman–Crippen LogP) is 2.85. The first kappa shape index (κ1) is 9.97. The van der Waals surface area contributed by atoms with E-state index < -0.39 is 0 Å². The third-order valence-electron chi connectivity index (χ3n) is 3.69. The van der Waals surface area contributed by atoms with Crippen LogP contribution in [-0.2, 0) is 0 Å². The van der Waals surface area contributed by atoms with Crippen molar-refractivity contribution in [2.75, 3.05) is 6.54 Å². The number of allylic oxidation sites excluding steroid dienone is 2. The van der Waals surface area contributed by atoms with Crippen LogP contribution in [0.4, 0.5) is 0 Å². The summed E-state index contributed by atoms with van der Waals surface area (Å²) in [6.07, 6.45) is 10.5. The van der Waals surface area contributed by atoms with Crippen molar-refractivity contribution in [2.45, 2.75) is 39.3 Å². The van der Waals surface area contributed by atoms with Crippen LogP contribution in [0.5, 0.6) is 0 Å². The first-order valence-electron chi connectivity index (χ1n) is 5.81. The van der Waals surface area contributed by atoms with Gasteiger partial charge in [-0.2, -0.15) is 0 Å². The average molecular weight is 191 g/mol. The molecular weight excluding hydrogens is 170 g/mol. The molecule has 0 N–H and O–H groups in total. The molecule has 1 aliphatic heterocycles. The summed E-state index contributed by atoms with van der Waals surface area (Å²) in [5.41, 5.74) is 0. The summed E-state index contributed by atoms with van der Waals surface area (Å²) < 4.78 is 0. The highest BCUT2D eigenvalue weighted by molar-refractivity contribution is 5.19. The van der Waals surface area contributed by atoms with Gasteiger partial charge in [0.1, 0.15) is 0 Å². The maximum Gasteiger partial charge on any atom is 0.0349 e. The van der Waals surface area contributed by atoms with Crippen LogP contribution in [0.15, 0.2) is 24.3 Å². The van der Waals surface area contributed by atoms with Crippen LogP contribution in [0.25, 0.3) is 0 Å². The Labute approximate surface area is 87.5 Å². The maximum atomic E-state index is 2.63. The van der Waals surface area contributed by atoms with Crippen molar-refractivity contribution in [3.8, 4) is 0 Å². The second kappa shape index (κ2) is 3.90. The lowest BCUT2D eigenvalue weighted by Crippen LogP contribution is -2.50. The minimum absolute atomic E-state index is 0.656. The Morgan fingerprint density at radius 2 is 1.93 bits per heavy atom. The molecule has 0 spiro atoms. The molecule has 3 unspecified atom stereocenters. The van der Waals surface area contributed by atoms with E-state index >= 15 is 0 Å². The lowest BCUT2D eigenvalue weighted by molar-refractivity contribution is 0.0779. The van der Waals surface area contributed by atoms with Crippen molar-refractivity contribution in [2.24, 2.45) is 11.8 Å². The monoisotopic (exact) mass is 191 g/mol. The van der Waals surface area contributed by atoms with Crippen molar-refractivity contribution in [3.63, 3.8) is 0 Å². The zero-order valence-electron chi connectivity index (χ0n) is 9.48. The van der Waals surface area contributed by atoms with Gasteiger partial charge in [0.15, 0.2) is 0 Å². The molecule has 2 rings (SSSR count). The number of piperidine rings is 1. The Bertz CT molecular complexity index is 252. The second-order valence-corrected chi connectivity index (χ2v) is 4.94. The molecule has 1 fully saturated rings. The van der Waals surface area contributed by atoms with Gasteiger partial charge in [0, 0.05) is 12.1 Å². The predicted molar refractivity (Wildman–Crippen MR) is 61.2 cm³/mol. The zero-order valence-corrected chi connectivity index (χ0v) is 9.48. The van der Waals surface area contributed by atoms with Gasteiger partial charge < -0.3 is 0 Å². The van der Waals surface area contributed by atoms with Gasteiger partial charge in [-0.1, -0.05) is 31.2 Å². The summed E-state index contributed by atoms with van der Waals surface area (Å²) in [6.45, 7) is 8.26. The summed E-state index contributed by atoms with van der Waals surface area (Å²) in [4.78, 5) is 2.63. The lowest BCUT2D eigenvalue weighted by Gasteiger charge is -2.45. The normalized spacial score (nSPS) is 37.6. The fourth-order valence-electron chi connectivity index (χ4n) is 2.77. The topological polar surface area (TPSA) is 3.24 Å². The average Bonchev–Trinajstić information content (AvgIpc) is 2.18. The lowest BCUT2D eigenvalue weighted by atomic mass is 9.78. The molecule has 1 saturated heterocycles. The van der Waals surface area contributed by atoms with Gasteiger partial charge >= 0.3 is 0 Å². The zero-order chi connectivity index (χ0) is 10.1. The number of hydrogen-bond donors (Lipinski definition) is 0. The third kappa shape index (κ3) is 1.66. The molecule has 0 amide bonds. The summed E-state index contributed by atoms with van der Waals surface area (Å²) in [7, 11) is 0. The van der Waals surface area contributed by atoms with Gasteiger partial charge in [0.05, 0.1) is 0 Å². The molecule has 0 aromatic rings. The van der Waals surface area contributed by atoms with Crippen molar-refractivity contribution in [1.82, 2.24) is 4.90 Å². The Morgan fingerprint density at radius 3 is 2.64 bits per heavy atom. The summed E-state index contributed by atoms with van der Waals surface area (Å²) in [6, 6.07) is 1.33. The molecule has 3 atom stereocenters. The second-order valence-electron chi connectivity index (χ2n) is 4.94. The minimum atomic E-state index is 0.656. The molecule has 1 aliphatic carbocycles. The molecular formula is C13H21N. The van der Waals surface area contributed by atoms with Crippen LogP contribution in [0, 0.1) is 11.8 Å². The molecule has 1 heteroatoms. The van der Waals surface area contributed by atoms with Crippen LogP contribution < -0.4 is 0 Å². The van der Waals surface area contributed by atoms with Crippen molar-refractivity contribution in [3.05, 3.63) is 24.3 Å². The first-order chi connectivity index (χ1) is 6.70. The van der Waals surface area contributed by atoms with Crippen LogP contribution in [0.1, 0.15) is 27.2 Å². The number of rotatable bonds is 1. The van der Waals surface area contributed by atoms with Gasteiger partial charge in [0.25, 0.3) is 0 Å². The van der Waals surface area contributed by atoms with Gasteiger partial charge in [0.2, 0.25) is 0 Å². The van der Waals surface area contributed by atoms with E-state index in [0.29, 0.717) is 12.1 Å². The Hall–Kier alpha value is -0.560. The van der Waals surface area contributed by atoms with E-state index in [0.717, 1.165) is 11.8 Å². The highest BCUT2D eigenvalue weighted by Gasteiger charge is 2.34. The Kier molecular flexibility index (Phi) is 2.78. The Morgan fingerprint density at radius 1 is 1.21 bits per heavy atom.